The molecule has 1 unspecified atom stereocenters. The fraction of sp³-hybridized carbons (Fsp3) is 0.333. The molecule has 0 amide bonds. The molecule has 5 heteroatoms. The zero-order chi connectivity index (χ0) is 10.6. The molecule has 0 aromatic carbocycles. The molecular formula is C9H9Br2NO2. The maximum atomic E-state index is 11.3. The van der Waals surface area contributed by atoms with Crippen molar-refractivity contribution in [2.24, 2.45) is 0 Å². The summed E-state index contributed by atoms with van der Waals surface area (Å²) in [5.41, 5.74) is 1.66. The SMILES string of the molecule is COC(=O)C(Br)c1ncccc1CBr. The van der Waals surface area contributed by atoms with E-state index in [2.05, 4.69) is 41.6 Å². The molecule has 0 bridgehead atoms. The van der Waals surface area contributed by atoms with Crippen LogP contribution in [0.25, 0.3) is 0 Å². The molecular weight excluding hydrogens is 314 g/mol. The number of nitrogens with zero attached hydrogens (tertiary/aromatic N) is 1. The smallest absolute Gasteiger partial charge is 0.325 e. The topological polar surface area (TPSA) is 39.2 Å². The van der Waals surface area contributed by atoms with Crippen molar-refractivity contribution < 1.29 is 9.53 Å². The fourth-order valence-corrected chi connectivity index (χ4v) is 2.08. The van der Waals surface area contributed by atoms with E-state index in [1.54, 1.807) is 6.20 Å². The van der Waals surface area contributed by atoms with Gasteiger partial charge in [0.05, 0.1) is 12.8 Å². The van der Waals surface area contributed by atoms with Gasteiger partial charge in [0.15, 0.2) is 4.83 Å². The fourth-order valence-electron chi connectivity index (χ4n) is 1.01. The molecule has 1 rings (SSSR count). The van der Waals surface area contributed by atoms with Crippen LogP contribution in [-0.4, -0.2) is 18.1 Å². The predicted octanol–water partition coefficient (Wildman–Crippen LogP) is 2.59. The first-order valence-electron chi connectivity index (χ1n) is 3.92. The number of hydrogen-bond acceptors (Lipinski definition) is 3. The molecule has 0 radical (unpaired) electrons. The third-order valence-electron chi connectivity index (χ3n) is 1.72. The van der Waals surface area contributed by atoms with Crippen molar-refractivity contribution in [3.8, 4) is 0 Å². The number of pyridine rings is 1. The van der Waals surface area contributed by atoms with Crippen LogP contribution in [-0.2, 0) is 14.9 Å². The summed E-state index contributed by atoms with van der Waals surface area (Å²) in [6.07, 6.45) is 1.65. The first-order chi connectivity index (χ1) is 6.70. The second-order valence-electron chi connectivity index (χ2n) is 2.57. The van der Waals surface area contributed by atoms with Gasteiger partial charge < -0.3 is 4.74 Å². The highest BCUT2D eigenvalue weighted by molar-refractivity contribution is 9.09. The van der Waals surface area contributed by atoms with E-state index in [0.717, 1.165) is 5.56 Å². The Labute approximate surface area is 99.1 Å². The monoisotopic (exact) mass is 321 g/mol. The highest BCUT2D eigenvalue weighted by Crippen LogP contribution is 2.26. The molecule has 0 fully saturated rings. The Hall–Kier alpha value is -0.420. The van der Waals surface area contributed by atoms with Gasteiger partial charge in [0, 0.05) is 11.5 Å². The first kappa shape index (κ1) is 11.7. The lowest BCUT2D eigenvalue weighted by Crippen LogP contribution is -2.11. The number of alkyl halides is 2. The number of halogens is 2. The summed E-state index contributed by atoms with van der Waals surface area (Å²) in [6, 6.07) is 3.74. The number of esters is 1. The average molecular weight is 323 g/mol. The van der Waals surface area contributed by atoms with E-state index in [1.807, 2.05) is 12.1 Å². The first-order valence-corrected chi connectivity index (χ1v) is 5.96. The molecule has 0 aliphatic carbocycles. The Bertz CT molecular complexity index is 330. The lowest BCUT2D eigenvalue weighted by molar-refractivity contribution is -0.140. The second kappa shape index (κ2) is 5.46. The van der Waals surface area contributed by atoms with Crippen LogP contribution < -0.4 is 0 Å². The average Bonchev–Trinajstić information content (AvgIpc) is 2.26. The molecule has 0 spiro atoms. The lowest BCUT2D eigenvalue weighted by atomic mass is 10.2. The van der Waals surface area contributed by atoms with Crippen LogP contribution in [0.3, 0.4) is 0 Å². The van der Waals surface area contributed by atoms with Crippen molar-refractivity contribution in [2.45, 2.75) is 10.2 Å². The van der Waals surface area contributed by atoms with Crippen molar-refractivity contribution in [2.75, 3.05) is 7.11 Å². The third-order valence-corrected chi connectivity index (χ3v) is 3.13. The molecule has 1 atom stereocenters. The van der Waals surface area contributed by atoms with Gasteiger partial charge in [-0.1, -0.05) is 37.9 Å². The van der Waals surface area contributed by atoms with Crippen molar-refractivity contribution in [1.29, 1.82) is 0 Å². The van der Waals surface area contributed by atoms with Crippen molar-refractivity contribution in [1.82, 2.24) is 4.98 Å². The van der Waals surface area contributed by atoms with E-state index >= 15 is 0 Å². The van der Waals surface area contributed by atoms with E-state index in [4.69, 9.17) is 0 Å². The van der Waals surface area contributed by atoms with Gasteiger partial charge in [0.1, 0.15) is 0 Å². The second-order valence-corrected chi connectivity index (χ2v) is 4.04. The van der Waals surface area contributed by atoms with Crippen LogP contribution in [0.2, 0.25) is 0 Å². The number of rotatable bonds is 3. The summed E-state index contributed by atoms with van der Waals surface area (Å²) in [5, 5.41) is 0.662. The molecule has 1 heterocycles. The molecule has 3 nitrogen and oxygen atoms in total. The summed E-state index contributed by atoms with van der Waals surface area (Å²) in [6.45, 7) is 0. The summed E-state index contributed by atoms with van der Waals surface area (Å²) in [7, 11) is 1.35. The predicted molar refractivity (Wildman–Crippen MR) is 60.6 cm³/mol. The van der Waals surface area contributed by atoms with Crippen LogP contribution >= 0.6 is 31.9 Å². The Kier molecular flexibility index (Phi) is 4.54. The zero-order valence-electron chi connectivity index (χ0n) is 7.54. The molecule has 76 valence electrons. The number of hydrogen-bond donors (Lipinski definition) is 0. The van der Waals surface area contributed by atoms with Gasteiger partial charge in [-0.3, -0.25) is 9.78 Å². The van der Waals surface area contributed by atoms with Crippen LogP contribution in [0.5, 0.6) is 0 Å². The number of ether oxygens (including phenoxy) is 1. The quantitative estimate of drug-likeness (QED) is 0.634. The number of aromatic nitrogens is 1. The van der Waals surface area contributed by atoms with Crippen molar-refractivity contribution in [3.63, 3.8) is 0 Å². The van der Waals surface area contributed by atoms with Gasteiger partial charge in [-0.15, -0.1) is 0 Å². The van der Waals surface area contributed by atoms with Gasteiger partial charge in [0.25, 0.3) is 0 Å². The Balaban J connectivity index is 2.99. The zero-order valence-corrected chi connectivity index (χ0v) is 10.7. The standard InChI is InChI=1S/C9H9Br2NO2/c1-14-9(13)7(11)8-6(5-10)3-2-4-12-8/h2-4,7H,5H2,1H3. The van der Waals surface area contributed by atoms with Crippen molar-refractivity contribution >= 4 is 37.8 Å². The van der Waals surface area contributed by atoms with E-state index in [1.165, 1.54) is 7.11 Å². The van der Waals surface area contributed by atoms with Gasteiger partial charge in [-0.2, -0.15) is 0 Å². The number of carbonyl (C=O) groups is 1. The van der Waals surface area contributed by atoms with E-state index in [-0.39, 0.29) is 5.97 Å². The number of carbonyl (C=O) groups excluding carboxylic acids is 1. The molecule has 1 aromatic rings. The molecule has 0 saturated carbocycles. The van der Waals surface area contributed by atoms with Gasteiger partial charge >= 0.3 is 5.97 Å². The molecule has 0 aliphatic rings. The molecule has 1 aromatic heterocycles. The normalized spacial score (nSPS) is 12.2. The van der Waals surface area contributed by atoms with E-state index < -0.39 is 4.83 Å². The van der Waals surface area contributed by atoms with Gasteiger partial charge in [0.2, 0.25) is 0 Å². The van der Waals surface area contributed by atoms with E-state index in [9.17, 15) is 4.79 Å². The highest BCUT2D eigenvalue weighted by atomic mass is 79.9. The Morgan fingerprint density at radius 3 is 3.00 bits per heavy atom. The van der Waals surface area contributed by atoms with Crippen molar-refractivity contribution in [3.05, 3.63) is 29.6 Å². The van der Waals surface area contributed by atoms with E-state index in [0.29, 0.717) is 11.0 Å². The maximum Gasteiger partial charge on any atom is 0.325 e. The third kappa shape index (κ3) is 2.54. The Morgan fingerprint density at radius 2 is 2.43 bits per heavy atom. The summed E-state index contributed by atoms with van der Waals surface area (Å²) < 4.78 is 4.62. The summed E-state index contributed by atoms with van der Waals surface area (Å²) >= 11 is 6.58. The minimum Gasteiger partial charge on any atom is -0.468 e. The van der Waals surface area contributed by atoms with Gasteiger partial charge in [-0.25, -0.2) is 0 Å². The van der Waals surface area contributed by atoms with Crippen LogP contribution in [0.1, 0.15) is 16.1 Å². The largest absolute Gasteiger partial charge is 0.468 e. The summed E-state index contributed by atoms with van der Waals surface area (Å²) in [4.78, 5) is 14.9. The number of methoxy groups -OCH3 is 1. The highest BCUT2D eigenvalue weighted by Gasteiger charge is 2.21. The van der Waals surface area contributed by atoms with Gasteiger partial charge in [-0.05, 0) is 11.6 Å². The molecule has 0 saturated heterocycles. The molecule has 14 heavy (non-hydrogen) atoms. The van der Waals surface area contributed by atoms with Crippen LogP contribution in [0.4, 0.5) is 0 Å². The minimum atomic E-state index is -0.499. The Morgan fingerprint density at radius 1 is 1.71 bits per heavy atom. The van der Waals surface area contributed by atoms with Crippen LogP contribution in [0, 0.1) is 0 Å². The maximum absolute atomic E-state index is 11.3. The minimum absolute atomic E-state index is 0.342. The molecule has 0 N–H and O–H groups in total. The lowest BCUT2D eigenvalue weighted by Gasteiger charge is -2.10. The summed E-state index contributed by atoms with van der Waals surface area (Å²) in [5.74, 6) is -0.342. The molecule has 0 aliphatic heterocycles. The van der Waals surface area contributed by atoms with Crippen LogP contribution in [0.15, 0.2) is 18.3 Å².